The van der Waals surface area contributed by atoms with Crippen LogP contribution >= 0.6 is 22.9 Å². The summed E-state index contributed by atoms with van der Waals surface area (Å²) in [5, 5.41) is 14.0. The first-order valence-electron chi connectivity index (χ1n) is 7.63. The Kier molecular flexibility index (Phi) is 4.98. The molecule has 120 valence electrons. The normalized spacial score (nSPS) is 11.0. The highest BCUT2D eigenvalue weighted by Crippen LogP contribution is 2.30. The maximum Gasteiger partial charge on any atom is 0.225 e. The van der Waals surface area contributed by atoms with Gasteiger partial charge in [0.2, 0.25) is 5.28 Å². The number of aryl methyl sites for hydroxylation is 1. The number of anilines is 1. The zero-order chi connectivity index (χ0) is 16.2. The number of halogens is 1. The third-order valence-corrected chi connectivity index (χ3v) is 4.81. The average Bonchev–Trinajstić information content (AvgIpc) is 2.92. The molecular weight excluding hydrogens is 330 g/mol. The summed E-state index contributed by atoms with van der Waals surface area (Å²) in [5.74, 6) is 1.07. The predicted molar refractivity (Wildman–Crippen MR) is 96.7 cm³/mol. The van der Waals surface area contributed by atoms with E-state index < -0.39 is 0 Å². The highest BCUT2D eigenvalue weighted by molar-refractivity contribution is 7.18. The van der Waals surface area contributed by atoms with E-state index in [-0.39, 0.29) is 11.0 Å². The van der Waals surface area contributed by atoms with Crippen molar-refractivity contribution >= 4 is 39.0 Å². The van der Waals surface area contributed by atoms with Crippen LogP contribution in [-0.2, 0) is 12.8 Å². The van der Waals surface area contributed by atoms with Gasteiger partial charge < -0.3 is 10.4 Å². The lowest BCUT2D eigenvalue weighted by Gasteiger charge is -2.07. The number of fused-ring (bicyclic) bond motifs is 1. The molecule has 0 amide bonds. The summed E-state index contributed by atoms with van der Waals surface area (Å²) < 4.78 is 0. The van der Waals surface area contributed by atoms with Gasteiger partial charge in [-0.05, 0) is 48.2 Å². The van der Waals surface area contributed by atoms with Gasteiger partial charge in [-0.25, -0.2) is 9.97 Å². The molecule has 1 aromatic carbocycles. The molecular formula is C17H18ClN3OS. The second kappa shape index (κ2) is 7.15. The number of hydrogen-bond donors (Lipinski definition) is 2. The van der Waals surface area contributed by atoms with Gasteiger partial charge in [-0.3, -0.25) is 0 Å². The van der Waals surface area contributed by atoms with Gasteiger partial charge in [0.05, 0.1) is 5.39 Å². The van der Waals surface area contributed by atoms with Crippen molar-refractivity contribution in [1.82, 2.24) is 9.97 Å². The van der Waals surface area contributed by atoms with Crippen molar-refractivity contribution < 1.29 is 5.11 Å². The predicted octanol–water partition coefficient (Wildman–Crippen LogP) is 4.66. The molecule has 0 atom stereocenters. The number of hydrogen-bond acceptors (Lipinski definition) is 5. The number of aromatic hydroxyl groups is 1. The van der Waals surface area contributed by atoms with E-state index in [1.807, 2.05) is 12.1 Å². The summed E-state index contributed by atoms with van der Waals surface area (Å²) in [4.78, 5) is 10.9. The molecule has 0 aliphatic carbocycles. The first kappa shape index (κ1) is 16.0. The lowest BCUT2D eigenvalue weighted by atomic mass is 10.1. The van der Waals surface area contributed by atoms with Gasteiger partial charge in [-0.1, -0.05) is 25.5 Å². The maximum absolute atomic E-state index is 9.31. The van der Waals surface area contributed by atoms with E-state index >= 15 is 0 Å². The third kappa shape index (κ3) is 3.92. The van der Waals surface area contributed by atoms with Gasteiger partial charge in [0.15, 0.2) is 0 Å². The fourth-order valence-electron chi connectivity index (χ4n) is 2.44. The van der Waals surface area contributed by atoms with Gasteiger partial charge in [0.1, 0.15) is 16.4 Å². The number of thiophene rings is 1. The average molecular weight is 348 g/mol. The monoisotopic (exact) mass is 347 g/mol. The zero-order valence-corrected chi connectivity index (χ0v) is 14.4. The minimum Gasteiger partial charge on any atom is -0.508 e. The fourth-order valence-corrected chi connectivity index (χ4v) is 3.79. The van der Waals surface area contributed by atoms with Crippen LogP contribution in [0, 0.1) is 0 Å². The molecule has 0 spiro atoms. The quantitative estimate of drug-likeness (QED) is 0.637. The first-order valence-corrected chi connectivity index (χ1v) is 8.83. The van der Waals surface area contributed by atoms with E-state index in [1.54, 1.807) is 23.5 Å². The summed E-state index contributed by atoms with van der Waals surface area (Å²) in [6.07, 6.45) is 3.00. The van der Waals surface area contributed by atoms with E-state index in [9.17, 15) is 5.11 Å². The van der Waals surface area contributed by atoms with Gasteiger partial charge >= 0.3 is 0 Å². The van der Waals surface area contributed by atoms with E-state index in [0.717, 1.165) is 47.4 Å². The van der Waals surface area contributed by atoms with Crippen LogP contribution in [-0.4, -0.2) is 21.6 Å². The number of phenolic OH excluding ortho intramolecular Hbond substituents is 1. The molecule has 4 nitrogen and oxygen atoms in total. The second-order valence-electron chi connectivity index (χ2n) is 5.37. The van der Waals surface area contributed by atoms with E-state index in [0.29, 0.717) is 0 Å². The molecule has 0 bridgehead atoms. The molecule has 2 aromatic heterocycles. The van der Waals surface area contributed by atoms with Crippen LogP contribution in [0.4, 0.5) is 5.82 Å². The van der Waals surface area contributed by atoms with Crippen molar-refractivity contribution in [2.24, 2.45) is 0 Å². The van der Waals surface area contributed by atoms with Crippen LogP contribution in [0.25, 0.3) is 10.2 Å². The largest absolute Gasteiger partial charge is 0.508 e. The Morgan fingerprint density at radius 2 is 1.96 bits per heavy atom. The van der Waals surface area contributed by atoms with Crippen molar-refractivity contribution in [3.05, 3.63) is 46.1 Å². The summed E-state index contributed by atoms with van der Waals surface area (Å²) in [5.41, 5.74) is 1.16. The summed E-state index contributed by atoms with van der Waals surface area (Å²) >= 11 is 7.72. The molecule has 0 aliphatic rings. The van der Waals surface area contributed by atoms with Gasteiger partial charge in [-0.15, -0.1) is 11.3 Å². The molecule has 2 N–H and O–H groups in total. The number of nitrogens with zero attached hydrogens (tertiary/aromatic N) is 2. The molecule has 3 aromatic rings. The highest BCUT2D eigenvalue weighted by atomic mass is 35.5. The van der Waals surface area contributed by atoms with Crippen LogP contribution in [0.15, 0.2) is 30.3 Å². The van der Waals surface area contributed by atoms with Crippen molar-refractivity contribution in [2.75, 3.05) is 11.9 Å². The second-order valence-corrected chi connectivity index (χ2v) is 6.82. The van der Waals surface area contributed by atoms with Crippen molar-refractivity contribution in [1.29, 1.82) is 0 Å². The third-order valence-electron chi connectivity index (χ3n) is 3.56. The van der Waals surface area contributed by atoms with Gasteiger partial charge in [-0.2, -0.15) is 0 Å². The minimum absolute atomic E-state index is 0.273. The standard InChI is InChI=1S/C17H18ClN3OS/c1-2-3-13-10-14-15(20-17(18)21-16(14)23-13)19-9-8-11-4-6-12(22)7-5-11/h4-7,10,22H,2-3,8-9H2,1H3,(H,19,20,21). The Morgan fingerprint density at radius 1 is 1.17 bits per heavy atom. The Hall–Kier alpha value is -1.85. The number of benzene rings is 1. The zero-order valence-electron chi connectivity index (χ0n) is 12.8. The maximum atomic E-state index is 9.31. The molecule has 0 saturated carbocycles. The summed E-state index contributed by atoms with van der Waals surface area (Å²) in [6.45, 7) is 2.91. The molecule has 3 rings (SSSR count). The van der Waals surface area contributed by atoms with Crippen LogP contribution < -0.4 is 5.32 Å². The molecule has 6 heteroatoms. The molecule has 0 saturated heterocycles. The van der Waals surface area contributed by atoms with Gasteiger partial charge in [0, 0.05) is 11.4 Å². The fraction of sp³-hybridized carbons (Fsp3) is 0.294. The molecule has 23 heavy (non-hydrogen) atoms. The highest BCUT2D eigenvalue weighted by Gasteiger charge is 2.10. The molecule has 2 heterocycles. The minimum atomic E-state index is 0.273. The summed E-state index contributed by atoms with van der Waals surface area (Å²) in [6, 6.07) is 9.39. The Bertz CT molecular complexity index is 801. The lowest BCUT2D eigenvalue weighted by Crippen LogP contribution is -2.07. The molecule has 0 fully saturated rings. The molecule has 0 aliphatic heterocycles. The van der Waals surface area contributed by atoms with Crippen LogP contribution in [0.5, 0.6) is 5.75 Å². The van der Waals surface area contributed by atoms with E-state index in [2.05, 4.69) is 28.3 Å². The SMILES string of the molecule is CCCc1cc2c(NCCc3ccc(O)cc3)nc(Cl)nc2s1. The smallest absolute Gasteiger partial charge is 0.225 e. The van der Waals surface area contributed by atoms with Crippen molar-refractivity contribution in [3.63, 3.8) is 0 Å². The van der Waals surface area contributed by atoms with Crippen molar-refractivity contribution in [3.8, 4) is 5.75 Å². The van der Waals surface area contributed by atoms with Crippen molar-refractivity contribution in [2.45, 2.75) is 26.2 Å². The van der Waals surface area contributed by atoms with Crippen LogP contribution in [0.1, 0.15) is 23.8 Å². The van der Waals surface area contributed by atoms with Crippen LogP contribution in [0.3, 0.4) is 0 Å². The number of nitrogens with one attached hydrogen (secondary N) is 1. The molecule has 0 radical (unpaired) electrons. The molecule has 0 unspecified atom stereocenters. The van der Waals surface area contributed by atoms with Crippen LogP contribution in [0.2, 0.25) is 5.28 Å². The first-order chi connectivity index (χ1) is 11.2. The van der Waals surface area contributed by atoms with E-state index in [1.165, 1.54) is 4.88 Å². The Labute approximate surface area is 144 Å². The Morgan fingerprint density at radius 3 is 2.70 bits per heavy atom. The summed E-state index contributed by atoms with van der Waals surface area (Å²) in [7, 11) is 0. The van der Waals surface area contributed by atoms with Gasteiger partial charge in [0.25, 0.3) is 0 Å². The number of phenols is 1. The lowest BCUT2D eigenvalue weighted by molar-refractivity contribution is 0.475. The Balaban J connectivity index is 1.74. The number of aromatic nitrogens is 2. The number of rotatable bonds is 6. The topological polar surface area (TPSA) is 58.0 Å². The van der Waals surface area contributed by atoms with E-state index in [4.69, 9.17) is 11.6 Å².